The van der Waals surface area contributed by atoms with Crippen molar-refractivity contribution in [3.63, 3.8) is 0 Å². The van der Waals surface area contributed by atoms with Crippen LogP contribution in [0.3, 0.4) is 0 Å². The van der Waals surface area contributed by atoms with Gasteiger partial charge in [-0.25, -0.2) is 0 Å². The molecular weight excluding hydrogens is 364 g/mol. The Morgan fingerprint density at radius 3 is 2.81 bits per heavy atom. The minimum atomic E-state index is -0.327. The Kier molecular flexibility index (Phi) is 6.39. The number of nitrogens with zero attached hydrogens (tertiary/aromatic N) is 3. The number of aromatic nitrogens is 2. The molecule has 2 amide bonds. The summed E-state index contributed by atoms with van der Waals surface area (Å²) in [7, 11) is 0. The molecule has 1 N–H and O–H groups in total. The van der Waals surface area contributed by atoms with E-state index in [9.17, 15) is 9.59 Å². The molecule has 144 valence electrons. The topological polar surface area (TPSA) is 84.4 Å². The molecular formula is C19H24N4O3S. The summed E-state index contributed by atoms with van der Waals surface area (Å²) in [6.45, 7) is 4.97. The second kappa shape index (κ2) is 8.94. The number of carbonyl (C=O) groups is 2. The van der Waals surface area contributed by atoms with Crippen LogP contribution in [0.25, 0.3) is 0 Å². The van der Waals surface area contributed by atoms with Crippen molar-refractivity contribution in [3.05, 3.63) is 35.3 Å². The van der Waals surface area contributed by atoms with E-state index < -0.39 is 0 Å². The first kappa shape index (κ1) is 19.3. The van der Waals surface area contributed by atoms with Crippen LogP contribution in [-0.4, -0.2) is 46.1 Å². The van der Waals surface area contributed by atoms with E-state index in [-0.39, 0.29) is 30.2 Å². The number of rotatable bonds is 8. The zero-order valence-corrected chi connectivity index (χ0v) is 16.4. The molecule has 8 heteroatoms. The fourth-order valence-electron chi connectivity index (χ4n) is 2.95. The SMILES string of the molecule is CC(C)N1C[C@@H](C(=O)Nc2nnc(CCCOc3ccccc3)s2)CC1=O. The molecule has 0 bridgehead atoms. The van der Waals surface area contributed by atoms with Crippen molar-refractivity contribution in [3.8, 4) is 5.75 Å². The summed E-state index contributed by atoms with van der Waals surface area (Å²) >= 11 is 1.37. The lowest BCUT2D eigenvalue weighted by atomic mass is 10.1. The number of amides is 2. The van der Waals surface area contributed by atoms with Crippen LogP contribution in [0.15, 0.2) is 30.3 Å². The van der Waals surface area contributed by atoms with E-state index in [1.165, 1.54) is 11.3 Å². The van der Waals surface area contributed by atoms with Crippen LogP contribution in [-0.2, 0) is 16.0 Å². The fraction of sp³-hybridized carbons (Fsp3) is 0.474. The molecule has 1 aromatic carbocycles. The minimum absolute atomic E-state index is 0.0292. The van der Waals surface area contributed by atoms with Gasteiger partial charge in [0.1, 0.15) is 10.8 Å². The van der Waals surface area contributed by atoms with Crippen molar-refractivity contribution in [2.24, 2.45) is 5.92 Å². The normalized spacial score (nSPS) is 16.8. The molecule has 1 saturated heterocycles. The first-order valence-corrected chi connectivity index (χ1v) is 9.95. The zero-order valence-electron chi connectivity index (χ0n) is 15.6. The van der Waals surface area contributed by atoms with Crippen molar-refractivity contribution in [1.29, 1.82) is 0 Å². The molecule has 0 aliphatic carbocycles. The third kappa shape index (κ3) is 5.26. The van der Waals surface area contributed by atoms with Gasteiger partial charge in [0.05, 0.1) is 12.5 Å². The summed E-state index contributed by atoms with van der Waals surface area (Å²) in [4.78, 5) is 26.1. The number of ether oxygens (including phenoxy) is 1. The van der Waals surface area contributed by atoms with Gasteiger partial charge in [-0.2, -0.15) is 0 Å². The highest BCUT2D eigenvalue weighted by atomic mass is 32.1. The number of nitrogens with one attached hydrogen (secondary N) is 1. The number of likely N-dealkylation sites (tertiary alicyclic amines) is 1. The van der Waals surface area contributed by atoms with Gasteiger partial charge in [0.2, 0.25) is 16.9 Å². The predicted octanol–water partition coefficient (Wildman–Crippen LogP) is 2.75. The van der Waals surface area contributed by atoms with Gasteiger partial charge in [-0.15, -0.1) is 10.2 Å². The molecule has 7 nitrogen and oxygen atoms in total. The van der Waals surface area contributed by atoms with Crippen molar-refractivity contribution < 1.29 is 14.3 Å². The third-order valence-corrected chi connectivity index (χ3v) is 5.29. The van der Waals surface area contributed by atoms with Crippen LogP contribution in [0.4, 0.5) is 5.13 Å². The molecule has 0 spiro atoms. The second-order valence-corrected chi connectivity index (χ2v) is 7.86. The maximum atomic E-state index is 12.4. The predicted molar refractivity (Wildman–Crippen MR) is 104 cm³/mol. The highest BCUT2D eigenvalue weighted by Gasteiger charge is 2.35. The van der Waals surface area contributed by atoms with Crippen molar-refractivity contribution in [1.82, 2.24) is 15.1 Å². The number of para-hydroxylation sites is 1. The number of hydrogen-bond acceptors (Lipinski definition) is 6. The van der Waals surface area contributed by atoms with Gasteiger partial charge < -0.3 is 15.0 Å². The second-order valence-electron chi connectivity index (χ2n) is 6.80. The molecule has 1 aliphatic rings. The largest absolute Gasteiger partial charge is 0.494 e. The molecule has 0 unspecified atom stereocenters. The Morgan fingerprint density at radius 1 is 1.33 bits per heavy atom. The average molecular weight is 388 g/mol. The molecule has 3 rings (SSSR count). The minimum Gasteiger partial charge on any atom is -0.494 e. The maximum absolute atomic E-state index is 12.4. The Hall–Kier alpha value is -2.48. The maximum Gasteiger partial charge on any atom is 0.231 e. The van der Waals surface area contributed by atoms with Crippen molar-refractivity contribution in [2.75, 3.05) is 18.5 Å². The fourth-order valence-corrected chi connectivity index (χ4v) is 3.73. The van der Waals surface area contributed by atoms with Gasteiger partial charge in [-0.3, -0.25) is 9.59 Å². The van der Waals surface area contributed by atoms with Gasteiger partial charge in [-0.1, -0.05) is 29.5 Å². The molecule has 0 radical (unpaired) electrons. The summed E-state index contributed by atoms with van der Waals surface area (Å²) in [5.74, 6) is 0.388. The number of carbonyl (C=O) groups excluding carboxylic acids is 2. The number of hydrogen-bond donors (Lipinski definition) is 1. The number of anilines is 1. The molecule has 1 aromatic heterocycles. The lowest BCUT2D eigenvalue weighted by Gasteiger charge is -2.20. The smallest absolute Gasteiger partial charge is 0.231 e. The van der Waals surface area contributed by atoms with Gasteiger partial charge in [-0.05, 0) is 32.4 Å². The Labute approximate surface area is 162 Å². The van der Waals surface area contributed by atoms with E-state index in [4.69, 9.17) is 4.74 Å². The molecule has 27 heavy (non-hydrogen) atoms. The highest BCUT2D eigenvalue weighted by molar-refractivity contribution is 7.15. The molecule has 0 saturated carbocycles. The van der Waals surface area contributed by atoms with E-state index >= 15 is 0 Å². The van der Waals surface area contributed by atoms with Crippen LogP contribution in [0, 0.1) is 5.92 Å². The monoisotopic (exact) mass is 388 g/mol. The number of aryl methyl sites for hydroxylation is 1. The van der Waals surface area contributed by atoms with Gasteiger partial charge >= 0.3 is 0 Å². The summed E-state index contributed by atoms with van der Waals surface area (Å²) in [5.41, 5.74) is 0. The summed E-state index contributed by atoms with van der Waals surface area (Å²) in [6, 6.07) is 9.79. The molecule has 2 aromatic rings. The third-order valence-electron chi connectivity index (χ3n) is 4.40. The van der Waals surface area contributed by atoms with Crippen LogP contribution in [0.2, 0.25) is 0 Å². The van der Waals surface area contributed by atoms with Crippen LogP contribution in [0.5, 0.6) is 5.75 Å². The van der Waals surface area contributed by atoms with Crippen LogP contribution < -0.4 is 10.1 Å². The van der Waals surface area contributed by atoms with E-state index in [1.807, 2.05) is 44.2 Å². The first-order chi connectivity index (χ1) is 13.0. The Balaban J connectivity index is 1.42. The van der Waals surface area contributed by atoms with Crippen molar-refractivity contribution in [2.45, 2.75) is 39.2 Å². The quantitative estimate of drug-likeness (QED) is 0.703. The summed E-state index contributed by atoms with van der Waals surface area (Å²) in [5, 5.41) is 12.3. The first-order valence-electron chi connectivity index (χ1n) is 9.13. The summed E-state index contributed by atoms with van der Waals surface area (Å²) < 4.78 is 5.66. The van der Waals surface area contributed by atoms with Gasteiger partial charge in [0, 0.05) is 25.4 Å². The van der Waals surface area contributed by atoms with Crippen LogP contribution in [0.1, 0.15) is 31.7 Å². The van der Waals surface area contributed by atoms with Gasteiger partial charge in [0.25, 0.3) is 0 Å². The Morgan fingerprint density at radius 2 is 2.11 bits per heavy atom. The van der Waals surface area contributed by atoms with E-state index in [1.54, 1.807) is 4.90 Å². The molecule has 1 atom stereocenters. The van der Waals surface area contributed by atoms with E-state index in [2.05, 4.69) is 15.5 Å². The standard InChI is InChI=1S/C19H24N4O3S/c1-13(2)23-12-14(11-17(23)24)18(25)20-19-22-21-16(27-19)9-6-10-26-15-7-4-3-5-8-15/h3-5,7-8,13-14H,6,9-12H2,1-2H3,(H,20,22,25)/t14-/m0/s1. The lowest BCUT2D eigenvalue weighted by Crippen LogP contribution is -2.33. The zero-order chi connectivity index (χ0) is 19.2. The van der Waals surface area contributed by atoms with Crippen molar-refractivity contribution >= 4 is 28.3 Å². The molecule has 2 heterocycles. The van der Waals surface area contributed by atoms with Gasteiger partial charge in [0.15, 0.2) is 0 Å². The lowest BCUT2D eigenvalue weighted by molar-refractivity contribution is -0.129. The summed E-state index contributed by atoms with van der Waals surface area (Å²) in [6.07, 6.45) is 1.81. The van der Waals surface area contributed by atoms with Crippen LogP contribution >= 0.6 is 11.3 Å². The molecule has 1 fully saturated rings. The highest BCUT2D eigenvalue weighted by Crippen LogP contribution is 2.23. The van der Waals surface area contributed by atoms with E-state index in [0.717, 1.165) is 23.6 Å². The average Bonchev–Trinajstić information content (AvgIpc) is 3.26. The molecule has 1 aliphatic heterocycles. The Bertz CT molecular complexity index is 778. The van der Waals surface area contributed by atoms with E-state index in [0.29, 0.717) is 18.3 Å². The number of benzene rings is 1.